The molecule has 2 heterocycles. The lowest BCUT2D eigenvalue weighted by Gasteiger charge is -2.01. The number of anilines is 1. The van der Waals surface area contributed by atoms with Crippen molar-refractivity contribution in [3.63, 3.8) is 0 Å². The van der Waals surface area contributed by atoms with Crippen LogP contribution < -0.4 is 10.7 Å². The normalized spacial score (nSPS) is 10.5. The van der Waals surface area contributed by atoms with Gasteiger partial charge in [-0.3, -0.25) is 14.9 Å². The van der Waals surface area contributed by atoms with Gasteiger partial charge in [-0.25, -0.2) is 4.98 Å². The molecule has 0 radical (unpaired) electrons. The maximum absolute atomic E-state index is 12.0. The lowest BCUT2D eigenvalue weighted by atomic mass is 10.2. The quantitative estimate of drug-likeness (QED) is 0.903. The summed E-state index contributed by atoms with van der Waals surface area (Å²) in [5.41, 5.74) is 1.49. The maximum Gasteiger partial charge on any atom is 0.262 e. The van der Waals surface area contributed by atoms with Crippen molar-refractivity contribution in [3.05, 3.63) is 44.3 Å². The number of aromatic nitrogens is 2. The molecule has 0 fully saturated rings. The van der Waals surface area contributed by atoms with E-state index >= 15 is 0 Å². The molecule has 0 spiro atoms. The van der Waals surface area contributed by atoms with Crippen molar-refractivity contribution in [1.29, 1.82) is 0 Å². The zero-order valence-corrected chi connectivity index (χ0v) is 11.9. The monoisotopic (exact) mass is 277 g/mol. The number of carbonyl (C=O) groups is 1. The Balaban J connectivity index is 2.23. The number of amides is 1. The first-order valence-electron chi connectivity index (χ1n) is 5.98. The van der Waals surface area contributed by atoms with E-state index in [4.69, 9.17) is 0 Å². The van der Waals surface area contributed by atoms with Crippen LogP contribution in [0.4, 0.5) is 5.13 Å². The van der Waals surface area contributed by atoms with Crippen LogP contribution in [0.25, 0.3) is 0 Å². The first kappa shape index (κ1) is 13.5. The van der Waals surface area contributed by atoms with Crippen LogP contribution in [0.2, 0.25) is 0 Å². The molecular weight excluding hydrogens is 262 g/mol. The van der Waals surface area contributed by atoms with E-state index in [1.807, 2.05) is 13.8 Å². The van der Waals surface area contributed by atoms with Gasteiger partial charge in [0.2, 0.25) is 0 Å². The average Bonchev–Trinajstić information content (AvgIpc) is 2.69. The zero-order valence-electron chi connectivity index (χ0n) is 11.0. The highest BCUT2D eigenvalue weighted by Crippen LogP contribution is 2.22. The molecule has 5 nitrogen and oxygen atoms in total. The predicted octanol–water partition coefficient (Wildman–Crippen LogP) is 2.26. The van der Waals surface area contributed by atoms with Crippen molar-refractivity contribution < 1.29 is 4.79 Å². The van der Waals surface area contributed by atoms with Crippen molar-refractivity contribution in [1.82, 2.24) is 9.97 Å². The Bertz CT molecular complexity index is 673. The summed E-state index contributed by atoms with van der Waals surface area (Å²) in [5, 5.41) is 3.19. The van der Waals surface area contributed by atoms with Gasteiger partial charge in [0.15, 0.2) is 10.6 Å². The van der Waals surface area contributed by atoms with Gasteiger partial charge in [-0.05, 0) is 20.3 Å². The molecule has 6 heteroatoms. The van der Waals surface area contributed by atoms with Gasteiger partial charge in [-0.15, -0.1) is 11.3 Å². The van der Waals surface area contributed by atoms with Gasteiger partial charge in [0.05, 0.1) is 5.69 Å². The smallest absolute Gasteiger partial charge is 0.262 e. The summed E-state index contributed by atoms with van der Waals surface area (Å²) in [4.78, 5) is 31.9. The number of carbonyl (C=O) groups excluding carboxylic acids is 1. The van der Waals surface area contributed by atoms with Gasteiger partial charge in [-0.1, -0.05) is 6.92 Å². The van der Waals surface area contributed by atoms with Gasteiger partial charge in [0, 0.05) is 22.8 Å². The summed E-state index contributed by atoms with van der Waals surface area (Å²) in [5.74, 6) is -0.433. The fourth-order valence-corrected chi connectivity index (χ4v) is 2.62. The molecule has 2 aromatic heterocycles. The van der Waals surface area contributed by atoms with Crippen LogP contribution in [0.1, 0.15) is 33.5 Å². The van der Waals surface area contributed by atoms with Crippen molar-refractivity contribution >= 4 is 22.4 Å². The summed E-state index contributed by atoms with van der Waals surface area (Å²) >= 11 is 1.42. The highest BCUT2D eigenvalue weighted by atomic mass is 32.1. The molecule has 0 saturated heterocycles. The molecule has 0 aromatic carbocycles. The van der Waals surface area contributed by atoms with E-state index in [9.17, 15) is 9.59 Å². The summed E-state index contributed by atoms with van der Waals surface area (Å²) in [6.07, 6.45) is 2.25. The number of aromatic amines is 1. The van der Waals surface area contributed by atoms with Crippen LogP contribution in [0.5, 0.6) is 0 Å². The number of hydrogen-bond donors (Lipinski definition) is 2. The third kappa shape index (κ3) is 2.90. The lowest BCUT2D eigenvalue weighted by Crippen LogP contribution is -2.21. The van der Waals surface area contributed by atoms with Crippen molar-refractivity contribution in [2.45, 2.75) is 27.2 Å². The molecular formula is C13H15N3O2S. The topological polar surface area (TPSA) is 74.8 Å². The maximum atomic E-state index is 12.0. The van der Waals surface area contributed by atoms with Crippen LogP contribution in [0.3, 0.4) is 0 Å². The molecule has 1 amide bonds. The van der Waals surface area contributed by atoms with Crippen LogP contribution in [-0.2, 0) is 6.42 Å². The second-order valence-corrected chi connectivity index (χ2v) is 5.43. The van der Waals surface area contributed by atoms with Gasteiger partial charge < -0.3 is 4.98 Å². The van der Waals surface area contributed by atoms with Gasteiger partial charge in [-0.2, -0.15) is 0 Å². The van der Waals surface area contributed by atoms with E-state index < -0.39 is 5.91 Å². The fourth-order valence-electron chi connectivity index (χ4n) is 1.72. The van der Waals surface area contributed by atoms with E-state index in [-0.39, 0.29) is 11.0 Å². The number of aryl methyl sites for hydroxylation is 3. The Kier molecular flexibility index (Phi) is 3.80. The largest absolute Gasteiger partial charge is 0.364 e. The van der Waals surface area contributed by atoms with E-state index in [1.165, 1.54) is 23.6 Å². The summed E-state index contributed by atoms with van der Waals surface area (Å²) in [7, 11) is 0. The van der Waals surface area contributed by atoms with Crippen molar-refractivity contribution in [3.8, 4) is 0 Å². The number of nitrogens with zero attached hydrogens (tertiary/aromatic N) is 1. The Labute approximate surface area is 114 Å². The van der Waals surface area contributed by atoms with Gasteiger partial charge in [0.25, 0.3) is 5.91 Å². The predicted molar refractivity (Wildman–Crippen MR) is 76.0 cm³/mol. The molecule has 0 atom stereocenters. The minimum atomic E-state index is -0.433. The van der Waals surface area contributed by atoms with Crippen LogP contribution in [0, 0.1) is 13.8 Å². The standard InChI is InChI=1S/C13H15N3O2S/c1-4-10-8(3)19-13(15-10)16-12(18)9-6-14-7(2)5-11(9)17/h5-6H,4H2,1-3H3,(H,14,17)(H,15,16,18). The molecule has 0 aliphatic carbocycles. The summed E-state index contributed by atoms with van der Waals surface area (Å²) in [6.45, 7) is 5.74. The number of pyridine rings is 1. The van der Waals surface area contributed by atoms with Crippen LogP contribution in [-0.4, -0.2) is 15.9 Å². The van der Waals surface area contributed by atoms with Crippen molar-refractivity contribution in [2.75, 3.05) is 5.32 Å². The molecule has 2 aromatic rings. The van der Waals surface area contributed by atoms with Gasteiger partial charge in [0.1, 0.15) is 5.56 Å². The first-order chi connectivity index (χ1) is 9.01. The third-order valence-corrected chi connectivity index (χ3v) is 3.68. The van der Waals surface area contributed by atoms with E-state index in [0.717, 1.165) is 22.7 Å². The van der Waals surface area contributed by atoms with Gasteiger partial charge >= 0.3 is 0 Å². The molecule has 2 rings (SSSR count). The summed E-state index contributed by atoms with van der Waals surface area (Å²) < 4.78 is 0. The number of hydrogen-bond acceptors (Lipinski definition) is 4. The highest BCUT2D eigenvalue weighted by Gasteiger charge is 2.13. The molecule has 0 aliphatic heterocycles. The molecule has 0 saturated carbocycles. The molecule has 2 N–H and O–H groups in total. The van der Waals surface area contributed by atoms with Crippen LogP contribution >= 0.6 is 11.3 Å². The Morgan fingerprint density at radius 2 is 2.21 bits per heavy atom. The highest BCUT2D eigenvalue weighted by molar-refractivity contribution is 7.15. The average molecular weight is 277 g/mol. The van der Waals surface area contributed by atoms with Crippen molar-refractivity contribution in [2.24, 2.45) is 0 Å². The number of thiazole rings is 1. The second kappa shape index (κ2) is 5.36. The Morgan fingerprint density at radius 3 is 2.79 bits per heavy atom. The fraction of sp³-hybridized carbons (Fsp3) is 0.308. The molecule has 0 aliphatic rings. The minimum absolute atomic E-state index is 0.0940. The SMILES string of the molecule is CCc1nc(NC(=O)c2c[nH]c(C)cc2=O)sc1C. The van der Waals surface area contributed by atoms with E-state index in [0.29, 0.717) is 5.13 Å². The zero-order chi connectivity index (χ0) is 14.0. The number of nitrogens with one attached hydrogen (secondary N) is 2. The molecule has 19 heavy (non-hydrogen) atoms. The molecule has 0 unspecified atom stereocenters. The minimum Gasteiger partial charge on any atom is -0.364 e. The van der Waals surface area contributed by atoms with E-state index in [2.05, 4.69) is 15.3 Å². The van der Waals surface area contributed by atoms with Crippen LogP contribution in [0.15, 0.2) is 17.1 Å². The molecule has 100 valence electrons. The number of H-pyrrole nitrogens is 1. The Morgan fingerprint density at radius 1 is 1.47 bits per heavy atom. The van der Waals surface area contributed by atoms with E-state index in [1.54, 1.807) is 6.92 Å². The third-order valence-electron chi connectivity index (χ3n) is 2.75. The second-order valence-electron chi connectivity index (χ2n) is 4.22. The summed E-state index contributed by atoms with van der Waals surface area (Å²) in [6, 6.07) is 1.40. The molecule has 0 bridgehead atoms. The lowest BCUT2D eigenvalue weighted by molar-refractivity contribution is 0.102. The first-order valence-corrected chi connectivity index (χ1v) is 6.80. The Hall–Kier alpha value is -1.95. The number of rotatable bonds is 3.